The molecule has 32 valence electrons. The van der Waals surface area contributed by atoms with Crippen LogP contribution in [0.3, 0.4) is 0 Å². The third kappa shape index (κ3) is 3.08. The molecular weight excluding hydrogens is 78.0 g/mol. The molecular formula is C4H5NO. The van der Waals surface area contributed by atoms with Crippen molar-refractivity contribution in [2.45, 2.75) is 0 Å². The molecule has 6 heavy (non-hydrogen) atoms. The summed E-state index contributed by atoms with van der Waals surface area (Å²) in [6.07, 6.45) is 4.29. The van der Waals surface area contributed by atoms with E-state index in [1.165, 1.54) is 12.2 Å². The maximum Gasteiger partial charge on any atom is 0.142 e. The molecule has 0 aliphatic heterocycles. The zero-order chi connectivity index (χ0) is 4.83. The van der Waals surface area contributed by atoms with Crippen LogP contribution in [0.5, 0.6) is 0 Å². The lowest BCUT2D eigenvalue weighted by Crippen LogP contribution is -1.58. The third-order valence-corrected chi connectivity index (χ3v) is 0.286. The Morgan fingerprint density at radius 1 is 1.33 bits per heavy atom. The molecule has 0 spiro atoms. The van der Waals surface area contributed by atoms with Gasteiger partial charge in [-0.05, 0) is 12.2 Å². The van der Waals surface area contributed by atoms with Crippen molar-refractivity contribution in [2.75, 3.05) is 0 Å². The second-order valence-electron chi connectivity index (χ2n) is 0.688. The van der Waals surface area contributed by atoms with Gasteiger partial charge in [0, 0.05) is 6.21 Å². The monoisotopic (exact) mass is 83.0 g/mol. The molecule has 2 nitrogen and oxygen atoms in total. The van der Waals surface area contributed by atoms with Crippen LogP contribution in [-0.2, 0) is 4.79 Å². The molecule has 0 aliphatic carbocycles. The van der Waals surface area contributed by atoms with Gasteiger partial charge in [-0.2, -0.15) is 0 Å². The van der Waals surface area contributed by atoms with Gasteiger partial charge in [0.15, 0.2) is 0 Å². The molecule has 2 heteroatoms. The van der Waals surface area contributed by atoms with Gasteiger partial charge in [-0.15, -0.1) is 0 Å². The van der Waals surface area contributed by atoms with Crippen LogP contribution < -0.4 is 0 Å². The summed E-state index contributed by atoms with van der Waals surface area (Å²) in [5.74, 6) is 0. The van der Waals surface area contributed by atoms with Crippen molar-refractivity contribution >= 4 is 12.5 Å². The summed E-state index contributed by atoms with van der Waals surface area (Å²) >= 11 is 0. The summed E-state index contributed by atoms with van der Waals surface area (Å²) in [6, 6.07) is 0. The smallest absolute Gasteiger partial charge is 0.142 e. The van der Waals surface area contributed by atoms with Crippen LogP contribution in [-0.4, -0.2) is 12.5 Å². The summed E-state index contributed by atoms with van der Waals surface area (Å²) in [7, 11) is 0. The van der Waals surface area contributed by atoms with Crippen molar-refractivity contribution in [1.29, 1.82) is 5.41 Å². The predicted octanol–water partition coefficient (Wildman–Crippen LogP) is 0.391. The van der Waals surface area contributed by atoms with Gasteiger partial charge in [0.1, 0.15) is 6.29 Å². The van der Waals surface area contributed by atoms with Gasteiger partial charge in [-0.3, -0.25) is 4.79 Å². The van der Waals surface area contributed by atoms with Crippen molar-refractivity contribution < 1.29 is 4.79 Å². The predicted molar refractivity (Wildman–Crippen MR) is 24.0 cm³/mol. The van der Waals surface area contributed by atoms with E-state index in [1.807, 2.05) is 0 Å². The van der Waals surface area contributed by atoms with Gasteiger partial charge in [0.2, 0.25) is 0 Å². The molecule has 0 aromatic rings. The minimum Gasteiger partial charge on any atom is -0.309 e. The maximum atomic E-state index is 9.37. The molecule has 0 amide bonds. The first-order valence-corrected chi connectivity index (χ1v) is 1.52. The molecule has 0 fully saturated rings. The number of hydrogen-bond acceptors (Lipinski definition) is 2. The van der Waals surface area contributed by atoms with Crippen LogP contribution in [0.2, 0.25) is 0 Å². The van der Waals surface area contributed by atoms with Crippen molar-refractivity contribution in [3.05, 3.63) is 12.2 Å². The van der Waals surface area contributed by atoms with Crippen molar-refractivity contribution in [1.82, 2.24) is 0 Å². The molecule has 0 rings (SSSR count). The van der Waals surface area contributed by atoms with Crippen LogP contribution in [0.25, 0.3) is 0 Å². The van der Waals surface area contributed by atoms with Crippen molar-refractivity contribution in [3.8, 4) is 0 Å². The molecule has 1 N–H and O–H groups in total. The van der Waals surface area contributed by atoms with Gasteiger partial charge in [0.05, 0.1) is 0 Å². The first-order chi connectivity index (χ1) is 2.91. The zero-order valence-electron chi connectivity index (χ0n) is 3.22. The van der Waals surface area contributed by atoms with Crippen LogP contribution in [0.1, 0.15) is 0 Å². The van der Waals surface area contributed by atoms with E-state index in [1.54, 1.807) is 0 Å². The van der Waals surface area contributed by atoms with E-state index in [4.69, 9.17) is 5.41 Å². The van der Waals surface area contributed by atoms with E-state index in [2.05, 4.69) is 0 Å². The number of hydrogen-bond donors (Lipinski definition) is 1. The van der Waals surface area contributed by atoms with Crippen LogP contribution in [0.15, 0.2) is 12.2 Å². The molecule has 0 saturated carbocycles. The highest BCUT2D eigenvalue weighted by Crippen LogP contribution is 1.54. The SMILES string of the molecule is N=C/C=C\C=O. The lowest BCUT2D eigenvalue weighted by Gasteiger charge is -1.55. The average molecular weight is 83.1 g/mol. The summed E-state index contributed by atoms with van der Waals surface area (Å²) in [5, 5.41) is 6.34. The summed E-state index contributed by atoms with van der Waals surface area (Å²) in [4.78, 5) is 9.37. The minimum absolute atomic E-state index is 0.630. The van der Waals surface area contributed by atoms with Gasteiger partial charge in [0.25, 0.3) is 0 Å². The minimum atomic E-state index is 0.630. The Kier molecular flexibility index (Phi) is 3.45. The molecule has 0 aromatic heterocycles. The van der Waals surface area contributed by atoms with E-state index in [0.29, 0.717) is 6.29 Å². The molecule has 0 atom stereocenters. The Labute approximate surface area is 36.0 Å². The van der Waals surface area contributed by atoms with Crippen LogP contribution in [0, 0.1) is 5.41 Å². The molecule has 0 bridgehead atoms. The normalized spacial score (nSPS) is 8.67. The first kappa shape index (κ1) is 5.08. The number of carbonyl (C=O) groups excluding carboxylic acids is 1. The highest BCUT2D eigenvalue weighted by Gasteiger charge is 1.53. The lowest BCUT2D eigenvalue weighted by molar-refractivity contribution is -0.104. The number of carbonyl (C=O) groups is 1. The molecule has 0 saturated heterocycles. The van der Waals surface area contributed by atoms with Crippen LogP contribution >= 0.6 is 0 Å². The topological polar surface area (TPSA) is 40.9 Å². The Balaban J connectivity index is 3.17. The highest BCUT2D eigenvalue weighted by molar-refractivity contribution is 5.76. The summed E-state index contributed by atoms with van der Waals surface area (Å²) in [5.41, 5.74) is 0. The van der Waals surface area contributed by atoms with E-state index in [-0.39, 0.29) is 0 Å². The number of nitrogens with one attached hydrogen (secondary N) is 1. The first-order valence-electron chi connectivity index (χ1n) is 1.52. The van der Waals surface area contributed by atoms with Crippen molar-refractivity contribution in [3.63, 3.8) is 0 Å². The Morgan fingerprint density at radius 2 is 2.00 bits per heavy atom. The fourth-order valence-corrected chi connectivity index (χ4v) is 0.101. The van der Waals surface area contributed by atoms with E-state index >= 15 is 0 Å². The second-order valence-corrected chi connectivity index (χ2v) is 0.688. The summed E-state index contributed by atoms with van der Waals surface area (Å²) < 4.78 is 0. The zero-order valence-corrected chi connectivity index (χ0v) is 3.22. The Morgan fingerprint density at radius 3 is 2.17 bits per heavy atom. The van der Waals surface area contributed by atoms with E-state index in [9.17, 15) is 4.79 Å². The fraction of sp³-hybridized carbons (Fsp3) is 0. The lowest BCUT2D eigenvalue weighted by atomic mass is 10.6. The second kappa shape index (κ2) is 4.08. The van der Waals surface area contributed by atoms with Gasteiger partial charge in [-0.25, -0.2) is 0 Å². The van der Waals surface area contributed by atoms with E-state index in [0.717, 1.165) is 6.21 Å². The summed E-state index contributed by atoms with van der Waals surface area (Å²) in [6.45, 7) is 0. The number of aldehydes is 1. The number of allylic oxidation sites excluding steroid dienone is 2. The maximum absolute atomic E-state index is 9.37. The fourth-order valence-electron chi connectivity index (χ4n) is 0.101. The quantitative estimate of drug-likeness (QED) is 0.293. The van der Waals surface area contributed by atoms with E-state index < -0.39 is 0 Å². The van der Waals surface area contributed by atoms with Gasteiger partial charge in [-0.1, -0.05) is 0 Å². The molecule has 0 radical (unpaired) electrons. The van der Waals surface area contributed by atoms with Gasteiger partial charge >= 0.3 is 0 Å². The average Bonchev–Trinajstić information content (AvgIpc) is 1.61. The highest BCUT2D eigenvalue weighted by atomic mass is 16.1. The molecule has 0 heterocycles. The van der Waals surface area contributed by atoms with Crippen molar-refractivity contribution in [2.24, 2.45) is 0 Å². The largest absolute Gasteiger partial charge is 0.309 e. The van der Waals surface area contributed by atoms with Crippen LogP contribution in [0.4, 0.5) is 0 Å². The molecule has 0 aliphatic rings. The molecule has 0 aromatic carbocycles. The van der Waals surface area contributed by atoms with Gasteiger partial charge < -0.3 is 5.41 Å². The Hall–Kier alpha value is -0.920. The molecule has 0 unspecified atom stereocenters. The number of rotatable bonds is 2. The standard InChI is InChI=1S/C4H5NO/c5-3-1-2-4-6/h1-5H/b2-1-,5-3?. The Bertz CT molecular complexity index is 65.6. The third-order valence-electron chi connectivity index (χ3n) is 0.286.